The van der Waals surface area contributed by atoms with Crippen LogP contribution in [0.4, 0.5) is 19.0 Å². The van der Waals surface area contributed by atoms with Crippen LogP contribution < -0.4 is 5.32 Å². The van der Waals surface area contributed by atoms with Gasteiger partial charge in [0.05, 0.1) is 5.56 Å². The molecule has 2 aromatic heterocycles. The fourth-order valence-electron chi connectivity index (χ4n) is 3.24. The number of aromatic nitrogens is 3. The molecule has 1 N–H and O–H groups in total. The van der Waals surface area contributed by atoms with Gasteiger partial charge in [0.15, 0.2) is 11.3 Å². The molecule has 148 valence electrons. The third-order valence-corrected chi connectivity index (χ3v) is 4.64. The number of hydrogen-bond donors (Lipinski definition) is 1. The van der Waals surface area contributed by atoms with E-state index in [2.05, 4.69) is 15.4 Å². The first-order valence-electron chi connectivity index (χ1n) is 9.15. The Bertz CT molecular complexity index is 1150. The van der Waals surface area contributed by atoms with Gasteiger partial charge in [-0.25, -0.2) is 4.98 Å². The molecule has 0 aliphatic carbocycles. The quantitative estimate of drug-likeness (QED) is 0.485. The first-order chi connectivity index (χ1) is 13.8. The Morgan fingerprint density at radius 1 is 0.966 bits per heavy atom. The molecule has 0 aliphatic rings. The van der Waals surface area contributed by atoms with Crippen molar-refractivity contribution >= 4 is 11.5 Å². The van der Waals surface area contributed by atoms with Gasteiger partial charge in [-0.05, 0) is 25.0 Å². The third kappa shape index (κ3) is 3.81. The summed E-state index contributed by atoms with van der Waals surface area (Å²) in [6.45, 7) is 4.10. The van der Waals surface area contributed by atoms with Gasteiger partial charge in [0, 0.05) is 18.3 Å². The van der Waals surface area contributed by atoms with Crippen LogP contribution in [-0.2, 0) is 12.7 Å². The first-order valence-corrected chi connectivity index (χ1v) is 9.15. The molecule has 0 saturated carbocycles. The van der Waals surface area contributed by atoms with Gasteiger partial charge in [0.25, 0.3) is 0 Å². The second-order valence-electron chi connectivity index (χ2n) is 6.94. The van der Waals surface area contributed by atoms with Gasteiger partial charge in [-0.1, -0.05) is 60.2 Å². The second kappa shape index (κ2) is 7.24. The van der Waals surface area contributed by atoms with E-state index in [0.717, 1.165) is 11.1 Å². The Hall–Kier alpha value is -3.35. The normalized spacial score (nSPS) is 11.8. The highest BCUT2D eigenvalue weighted by atomic mass is 19.4. The van der Waals surface area contributed by atoms with Crippen molar-refractivity contribution in [3.8, 4) is 11.1 Å². The minimum absolute atomic E-state index is 0.0102. The van der Waals surface area contributed by atoms with Gasteiger partial charge in [-0.15, -0.1) is 0 Å². The molecular weight excluding hydrogens is 377 g/mol. The summed E-state index contributed by atoms with van der Waals surface area (Å²) in [5, 5.41) is 7.09. The SMILES string of the molecule is Cc1ccc(-c2c(C(F)(F)F)nn3c(NCc4ccccc4)cc(C)nc23)cc1. The zero-order chi connectivity index (χ0) is 20.6. The number of alkyl halides is 3. The highest BCUT2D eigenvalue weighted by molar-refractivity contribution is 5.81. The van der Waals surface area contributed by atoms with E-state index in [-0.39, 0.29) is 11.2 Å². The summed E-state index contributed by atoms with van der Waals surface area (Å²) in [5.74, 6) is 0.459. The van der Waals surface area contributed by atoms with Crippen molar-refractivity contribution < 1.29 is 13.2 Å². The summed E-state index contributed by atoms with van der Waals surface area (Å²) < 4.78 is 42.7. The number of benzene rings is 2. The Morgan fingerprint density at radius 2 is 1.66 bits per heavy atom. The van der Waals surface area contributed by atoms with E-state index >= 15 is 0 Å². The Morgan fingerprint density at radius 3 is 2.31 bits per heavy atom. The predicted molar refractivity (Wildman–Crippen MR) is 107 cm³/mol. The lowest BCUT2D eigenvalue weighted by atomic mass is 10.0. The van der Waals surface area contributed by atoms with Crippen LogP contribution in [0.25, 0.3) is 16.8 Å². The summed E-state index contributed by atoms with van der Waals surface area (Å²) in [7, 11) is 0. The van der Waals surface area contributed by atoms with Crippen molar-refractivity contribution in [3.63, 3.8) is 0 Å². The molecule has 0 fully saturated rings. The second-order valence-corrected chi connectivity index (χ2v) is 6.94. The summed E-state index contributed by atoms with van der Waals surface area (Å²) in [6, 6.07) is 18.2. The summed E-state index contributed by atoms with van der Waals surface area (Å²) in [5.41, 5.74) is 2.24. The molecule has 4 aromatic rings. The number of anilines is 1. The van der Waals surface area contributed by atoms with Crippen molar-refractivity contribution in [2.24, 2.45) is 0 Å². The molecule has 29 heavy (non-hydrogen) atoms. The molecule has 0 aliphatic heterocycles. The molecule has 0 saturated heterocycles. The minimum Gasteiger partial charge on any atom is -0.366 e. The van der Waals surface area contributed by atoms with E-state index in [1.165, 1.54) is 4.52 Å². The molecule has 2 heterocycles. The number of nitrogens with one attached hydrogen (secondary N) is 1. The van der Waals surface area contributed by atoms with Crippen LogP contribution in [0.15, 0.2) is 60.7 Å². The Kier molecular flexibility index (Phi) is 4.74. The zero-order valence-electron chi connectivity index (χ0n) is 16.0. The maximum Gasteiger partial charge on any atom is 0.435 e. The first kappa shape index (κ1) is 19.0. The summed E-state index contributed by atoms with van der Waals surface area (Å²) in [6.07, 6.45) is -4.60. The number of fused-ring (bicyclic) bond motifs is 1. The van der Waals surface area contributed by atoms with Gasteiger partial charge < -0.3 is 5.32 Å². The average molecular weight is 396 g/mol. The van der Waals surface area contributed by atoms with E-state index < -0.39 is 11.9 Å². The maximum absolute atomic E-state index is 13.8. The van der Waals surface area contributed by atoms with Gasteiger partial charge in [-0.3, -0.25) is 0 Å². The molecule has 0 atom stereocenters. The number of nitrogens with zero attached hydrogens (tertiary/aromatic N) is 3. The monoisotopic (exact) mass is 396 g/mol. The maximum atomic E-state index is 13.8. The van der Waals surface area contributed by atoms with Crippen LogP contribution in [0.2, 0.25) is 0 Å². The smallest absolute Gasteiger partial charge is 0.366 e. The Labute approximate surface area is 166 Å². The minimum atomic E-state index is -4.60. The van der Waals surface area contributed by atoms with Gasteiger partial charge in [0.1, 0.15) is 5.82 Å². The molecule has 0 unspecified atom stereocenters. The molecule has 7 heteroatoms. The van der Waals surface area contributed by atoms with E-state index in [9.17, 15) is 13.2 Å². The number of rotatable bonds is 4. The number of aryl methyl sites for hydroxylation is 2. The Balaban J connectivity index is 1.88. The van der Waals surface area contributed by atoms with Crippen LogP contribution in [0.1, 0.15) is 22.5 Å². The van der Waals surface area contributed by atoms with Crippen molar-refractivity contribution in [1.29, 1.82) is 0 Å². The van der Waals surface area contributed by atoms with Crippen molar-refractivity contribution in [3.05, 3.63) is 83.2 Å². The van der Waals surface area contributed by atoms with E-state index in [1.54, 1.807) is 37.3 Å². The summed E-state index contributed by atoms with van der Waals surface area (Å²) in [4.78, 5) is 4.38. The molecule has 0 radical (unpaired) electrons. The van der Waals surface area contributed by atoms with Gasteiger partial charge in [0.2, 0.25) is 0 Å². The molecule has 0 amide bonds. The van der Waals surface area contributed by atoms with Gasteiger partial charge >= 0.3 is 6.18 Å². The van der Waals surface area contributed by atoms with Crippen molar-refractivity contribution in [1.82, 2.24) is 14.6 Å². The van der Waals surface area contributed by atoms with E-state index in [0.29, 0.717) is 23.6 Å². The fourth-order valence-corrected chi connectivity index (χ4v) is 3.24. The van der Waals surface area contributed by atoms with Gasteiger partial charge in [-0.2, -0.15) is 22.8 Å². The lowest BCUT2D eigenvalue weighted by Gasteiger charge is -2.10. The lowest BCUT2D eigenvalue weighted by Crippen LogP contribution is -2.09. The average Bonchev–Trinajstić information content (AvgIpc) is 3.07. The highest BCUT2D eigenvalue weighted by Gasteiger charge is 2.39. The van der Waals surface area contributed by atoms with Crippen molar-refractivity contribution in [2.75, 3.05) is 5.32 Å². The van der Waals surface area contributed by atoms with Crippen LogP contribution in [0, 0.1) is 13.8 Å². The molecule has 4 nitrogen and oxygen atoms in total. The molecular formula is C22H19F3N4. The van der Waals surface area contributed by atoms with Crippen LogP contribution in [-0.4, -0.2) is 14.6 Å². The molecule has 4 rings (SSSR count). The topological polar surface area (TPSA) is 42.2 Å². The van der Waals surface area contributed by atoms with E-state index in [1.807, 2.05) is 37.3 Å². The molecule has 0 bridgehead atoms. The molecule has 2 aromatic carbocycles. The van der Waals surface area contributed by atoms with E-state index in [4.69, 9.17) is 0 Å². The molecule has 0 spiro atoms. The third-order valence-electron chi connectivity index (χ3n) is 4.64. The zero-order valence-corrected chi connectivity index (χ0v) is 16.0. The van der Waals surface area contributed by atoms with Crippen LogP contribution in [0.3, 0.4) is 0 Å². The van der Waals surface area contributed by atoms with Crippen molar-refractivity contribution in [2.45, 2.75) is 26.6 Å². The standard InChI is InChI=1S/C22H19F3N4/c1-14-8-10-17(11-9-14)19-20(22(23,24)25)28-29-18(12-15(2)27-21(19)29)26-13-16-6-4-3-5-7-16/h3-12,26H,13H2,1-2H3. The highest BCUT2D eigenvalue weighted by Crippen LogP contribution is 2.39. The van der Waals surface area contributed by atoms with Crippen LogP contribution >= 0.6 is 0 Å². The van der Waals surface area contributed by atoms with Crippen LogP contribution in [0.5, 0.6) is 0 Å². The summed E-state index contributed by atoms with van der Waals surface area (Å²) >= 11 is 0. The fraction of sp³-hybridized carbons (Fsp3) is 0.182. The number of hydrogen-bond acceptors (Lipinski definition) is 3. The predicted octanol–water partition coefficient (Wildman–Crippen LogP) is 5.64. The lowest BCUT2D eigenvalue weighted by molar-refractivity contribution is -0.140. The number of halogens is 3. The largest absolute Gasteiger partial charge is 0.435 e.